The molecule has 0 aliphatic heterocycles. The zero-order valence-corrected chi connectivity index (χ0v) is 21.1. The summed E-state index contributed by atoms with van der Waals surface area (Å²) in [7, 11) is 2.13. The molecule has 1 saturated carbocycles. The number of hydrogen-bond donors (Lipinski definition) is 2. The topological polar surface area (TPSA) is 79.2 Å². The Labute approximate surface area is 205 Å². The largest absolute Gasteiger partial charge is 0.460 e. The Hall–Kier alpha value is -1.29. The van der Waals surface area contributed by atoms with Crippen LogP contribution in [0.15, 0.2) is 35.0 Å². The molecule has 0 bridgehead atoms. The van der Waals surface area contributed by atoms with Gasteiger partial charge in [0, 0.05) is 25.8 Å². The maximum absolute atomic E-state index is 13.1. The van der Waals surface area contributed by atoms with E-state index < -0.39 is 11.6 Å². The Morgan fingerprint density at radius 2 is 1.67 bits per heavy atom. The lowest BCUT2D eigenvalue weighted by Gasteiger charge is -2.35. The highest BCUT2D eigenvalue weighted by atomic mass is 32.1. The van der Waals surface area contributed by atoms with Gasteiger partial charge in [0.25, 0.3) is 0 Å². The van der Waals surface area contributed by atoms with Gasteiger partial charge in [0.15, 0.2) is 0 Å². The van der Waals surface area contributed by atoms with Gasteiger partial charge in [-0.15, -0.1) is 22.7 Å². The van der Waals surface area contributed by atoms with Crippen LogP contribution < -0.4 is 0 Å². The van der Waals surface area contributed by atoms with E-state index in [9.17, 15) is 9.90 Å². The molecule has 184 valence electrons. The molecule has 0 radical (unpaired) electrons. The van der Waals surface area contributed by atoms with Crippen molar-refractivity contribution in [1.82, 2.24) is 4.90 Å². The van der Waals surface area contributed by atoms with Gasteiger partial charge in [0.05, 0.1) is 16.4 Å². The number of carbonyl (C=O) groups is 1. The number of aliphatic hydroxyl groups excluding tert-OH is 1. The second kappa shape index (κ2) is 13.6. The molecule has 0 unspecified atom stereocenters. The zero-order chi connectivity index (χ0) is 23.5. The fourth-order valence-electron chi connectivity index (χ4n) is 4.29. The molecule has 1 aliphatic carbocycles. The van der Waals surface area contributed by atoms with Crippen LogP contribution in [0, 0.1) is 0 Å². The van der Waals surface area contributed by atoms with Crippen molar-refractivity contribution in [1.29, 1.82) is 0 Å². The molecular formula is C25H37NO5S2. The van der Waals surface area contributed by atoms with Crippen LogP contribution in [0.3, 0.4) is 0 Å². The maximum Gasteiger partial charge on any atom is 0.349 e. The summed E-state index contributed by atoms with van der Waals surface area (Å²) in [4.78, 5) is 16.7. The lowest BCUT2D eigenvalue weighted by molar-refractivity contribution is -0.169. The van der Waals surface area contributed by atoms with Crippen molar-refractivity contribution < 1.29 is 24.5 Å². The molecule has 0 aromatic carbocycles. The predicted molar refractivity (Wildman–Crippen MR) is 133 cm³/mol. The van der Waals surface area contributed by atoms with Crippen molar-refractivity contribution in [2.24, 2.45) is 0 Å². The van der Waals surface area contributed by atoms with Gasteiger partial charge in [-0.2, -0.15) is 0 Å². The monoisotopic (exact) mass is 495 g/mol. The molecule has 3 rings (SSSR count). The second-order valence-electron chi connectivity index (χ2n) is 8.73. The van der Waals surface area contributed by atoms with Crippen molar-refractivity contribution in [3.05, 3.63) is 44.8 Å². The van der Waals surface area contributed by atoms with Gasteiger partial charge < -0.3 is 24.6 Å². The summed E-state index contributed by atoms with van der Waals surface area (Å²) in [6.45, 7) is 2.67. The van der Waals surface area contributed by atoms with Crippen LogP contribution >= 0.6 is 22.7 Å². The van der Waals surface area contributed by atoms with Gasteiger partial charge in [0.2, 0.25) is 5.60 Å². The van der Waals surface area contributed by atoms with Crippen LogP contribution in [0.1, 0.15) is 61.1 Å². The van der Waals surface area contributed by atoms with E-state index in [2.05, 4.69) is 11.9 Å². The van der Waals surface area contributed by atoms with E-state index in [1.54, 1.807) is 12.1 Å². The highest BCUT2D eigenvalue weighted by molar-refractivity contribution is 7.12. The third-order valence-corrected chi connectivity index (χ3v) is 8.33. The first-order valence-electron chi connectivity index (χ1n) is 12.0. The molecule has 2 aromatic rings. The van der Waals surface area contributed by atoms with E-state index in [4.69, 9.17) is 14.6 Å². The molecule has 0 atom stereocenters. The van der Waals surface area contributed by atoms with Crippen molar-refractivity contribution in [3.63, 3.8) is 0 Å². The molecule has 0 amide bonds. The number of hydrogen-bond acceptors (Lipinski definition) is 8. The molecule has 2 heterocycles. The number of likely N-dealkylation sites (N-methyl/N-ethyl adjacent to an activating group) is 1. The summed E-state index contributed by atoms with van der Waals surface area (Å²) in [6, 6.07) is 7.72. The van der Waals surface area contributed by atoms with Crippen LogP contribution in [-0.2, 0) is 19.9 Å². The summed E-state index contributed by atoms with van der Waals surface area (Å²) >= 11 is 2.73. The second-order valence-corrected chi connectivity index (χ2v) is 10.6. The van der Waals surface area contributed by atoms with Crippen LogP contribution in [0.25, 0.3) is 0 Å². The van der Waals surface area contributed by atoms with Crippen molar-refractivity contribution in [2.45, 2.75) is 69.1 Å². The normalized spacial score (nSPS) is 19.2. The van der Waals surface area contributed by atoms with Crippen molar-refractivity contribution >= 4 is 28.6 Å². The fourth-order valence-corrected chi connectivity index (χ4v) is 6.01. The Kier molecular flexibility index (Phi) is 10.8. The highest BCUT2D eigenvalue weighted by Gasteiger charge is 2.45. The van der Waals surface area contributed by atoms with E-state index in [0.717, 1.165) is 71.1 Å². The number of unbranched alkanes of at least 4 members (excludes halogenated alkanes) is 3. The fraction of sp³-hybridized carbons (Fsp3) is 0.640. The average molecular weight is 496 g/mol. The summed E-state index contributed by atoms with van der Waals surface area (Å²) in [5, 5.41) is 23.9. The molecule has 1 aliphatic rings. The Bertz CT molecular complexity index is 754. The van der Waals surface area contributed by atoms with Gasteiger partial charge in [0.1, 0.15) is 6.10 Å². The third-order valence-electron chi connectivity index (χ3n) is 6.38. The first kappa shape index (κ1) is 26.3. The summed E-state index contributed by atoms with van der Waals surface area (Å²) in [5.74, 6) is -0.573. The smallest absolute Gasteiger partial charge is 0.349 e. The molecule has 6 nitrogen and oxygen atoms in total. The summed E-state index contributed by atoms with van der Waals surface area (Å²) in [6.07, 6.45) is 7.46. The van der Waals surface area contributed by atoms with Crippen LogP contribution in [0.2, 0.25) is 0 Å². The van der Waals surface area contributed by atoms with Gasteiger partial charge in [-0.3, -0.25) is 0 Å². The van der Waals surface area contributed by atoms with E-state index in [-0.39, 0.29) is 12.7 Å². The van der Waals surface area contributed by atoms with E-state index >= 15 is 0 Å². The van der Waals surface area contributed by atoms with Gasteiger partial charge in [-0.25, -0.2) is 4.79 Å². The number of nitrogens with zero attached hydrogens (tertiary/aromatic N) is 1. The minimum Gasteiger partial charge on any atom is -0.460 e. The first-order valence-corrected chi connectivity index (χ1v) is 13.7. The minimum atomic E-state index is -1.73. The predicted octanol–water partition coefficient (Wildman–Crippen LogP) is 4.40. The minimum absolute atomic E-state index is 0.163. The molecule has 33 heavy (non-hydrogen) atoms. The quantitative estimate of drug-likeness (QED) is 0.299. The van der Waals surface area contributed by atoms with Crippen LogP contribution in [-0.4, -0.2) is 66.6 Å². The lowest BCUT2D eigenvalue weighted by atomic mass is 9.91. The zero-order valence-electron chi connectivity index (χ0n) is 19.5. The van der Waals surface area contributed by atoms with Crippen LogP contribution in [0.4, 0.5) is 0 Å². The number of rotatable bonds is 14. The van der Waals surface area contributed by atoms with Crippen LogP contribution in [0.5, 0.6) is 0 Å². The maximum atomic E-state index is 13.1. The molecule has 8 heteroatoms. The average Bonchev–Trinajstić information content (AvgIpc) is 3.55. The molecular weight excluding hydrogens is 458 g/mol. The van der Waals surface area contributed by atoms with E-state index in [0.29, 0.717) is 15.8 Å². The summed E-state index contributed by atoms with van der Waals surface area (Å²) < 4.78 is 11.6. The Morgan fingerprint density at radius 3 is 2.24 bits per heavy atom. The van der Waals surface area contributed by atoms with Crippen molar-refractivity contribution in [3.8, 4) is 0 Å². The van der Waals surface area contributed by atoms with Gasteiger partial charge in [-0.05, 0) is 68.5 Å². The SMILES string of the molecule is CN(CCOCCCCCCO)[C@H]1CC[C@H](OC(=O)C(O)(c2cccs2)c2cccs2)CC1. The molecule has 1 fully saturated rings. The summed E-state index contributed by atoms with van der Waals surface area (Å²) in [5.41, 5.74) is -1.73. The van der Waals surface area contributed by atoms with E-state index in [1.807, 2.05) is 22.9 Å². The first-order chi connectivity index (χ1) is 16.1. The molecule has 0 spiro atoms. The molecule has 2 N–H and O–H groups in total. The van der Waals surface area contributed by atoms with E-state index in [1.165, 1.54) is 22.7 Å². The number of ether oxygens (including phenoxy) is 2. The van der Waals surface area contributed by atoms with Gasteiger partial charge >= 0.3 is 5.97 Å². The number of carbonyl (C=O) groups excluding carboxylic acids is 1. The van der Waals surface area contributed by atoms with Crippen molar-refractivity contribution in [2.75, 3.05) is 33.4 Å². The molecule has 0 saturated heterocycles. The molecule has 2 aromatic heterocycles. The number of aliphatic hydroxyl groups is 2. The Morgan fingerprint density at radius 1 is 1.03 bits per heavy atom. The lowest BCUT2D eigenvalue weighted by Crippen LogP contribution is -2.42. The number of esters is 1. The van der Waals surface area contributed by atoms with Gasteiger partial charge in [-0.1, -0.05) is 25.0 Å². The third kappa shape index (κ3) is 7.34. The standard InChI is InChI=1S/C25H37NO5S2/c1-26(14-17-30-16-5-3-2-4-15-27)20-10-12-21(13-11-20)31-24(28)25(29,22-8-6-18-32-22)23-9-7-19-33-23/h6-9,18-21,27,29H,2-5,10-17H2,1H3/t20-,21-. The Balaban J connectivity index is 1.40. The number of thiophene rings is 2. The highest BCUT2D eigenvalue weighted by Crippen LogP contribution is 2.38.